The summed E-state index contributed by atoms with van der Waals surface area (Å²) in [5, 5.41) is 5.65. The average molecular weight is 444 g/mol. The highest BCUT2D eigenvalue weighted by atomic mass is 16.5. The minimum Gasteiger partial charge on any atom is -0.457 e. The Kier molecular flexibility index (Phi) is 6.49. The Morgan fingerprint density at radius 2 is 1.64 bits per heavy atom. The number of benzene rings is 2. The van der Waals surface area contributed by atoms with Crippen molar-refractivity contribution >= 4 is 17.6 Å². The lowest BCUT2D eigenvalue weighted by molar-refractivity contribution is 0.0930. The standard InChI is InChI=1S/C26H25N3O4/c1-16(30)17-3-5-19(6-4-17)25(31)29-21-9-7-18-8-10-22(14-20(18)13-21)33-23-11-12-28-24(15-23)26(32)27-2/h3-6,8,10-12,14-15,21H,7,9,13H2,1-2H3,(H,27,32)(H,29,31). The van der Waals surface area contributed by atoms with Gasteiger partial charge in [-0.1, -0.05) is 18.2 Å². The van der Waals surface area contributed by atoms with Crippen molar-refractivity contribution in [3.63, 3.8) is 0 Å². The van der Waals surface area contributed by atoms with Crippen molar-refractivity contribution in [3.8, 4) is 11.5 Å². The molecule has 2 aromatic carbocycles. The van der Waals surface area contributed by atoms with Crippen LogP contribution >= 0.6 is 0 Å². The number of hydrogen-bond donors (Lipinski definition) is 2. The smallest absolute Gasteiger partial charge is 0.269 e. The van der Waals surface area contributed by atoms with Crippen molar-refractivity contribution < 1.29 is 19.1 Å². The van der Waals surface area contributed by atoms with Crippen LogP contribution in [0.15, 0.2) is 60.8 Å². The lowest BCUT2D eigenvalue weighted by Crippen LogP contribution is -2.38. The van der Waals surface area contributed by atoms with Crippen LogP contribution in [0.4, 0.5) is 0 Å². The highest BCUT2D eigenvalue weighted by Gasteiger charge is 2.21. The molecule has 0 bridgehead atoms. The second-order valence-electron chi connectivity index (χ2n) is 8.04. The van der Waals surface area contributed by atoms with Crippen LogP contribution in [0.25, 0.3) is 0 Å². The van der Waals surface area contributed by atoms with Gasteiger partial charge in [0.05, 0.1) is 0 Å². The van der Waals surface area contributed by atoms with Crippen LogP contribution in [0.5, 0.6) is 11.5 Å². The van der Waals surface area contributed by atoms with E-state index in [1.54, 1.807) is 43.4 Å². The van der Waals surface area contributed by atoms with Crippen LogP contribution in [0, 0.1) is 0 Å². The molecule has 168 valence electrons. The molecule has 0 saturated heterocycles. The zero-order valence-corrected chi connectivity index (χ0v) is 18.6. The van der Waals surface area contributed by atoms with Crippen molar-refractivity contribution in [2.24, 2.45) is 0 Å². The normalized spacial score (nSPS) is 14.7. The van der Waals surface area contributed by atoms with E-state index in [1.165, 1.54) is 18.7 Å². The first-order valence-electron chi connectivity index (χ1n) is 10.8. The molecule has 0 saturated carbocycles. The molecule has 0 aliphatic heterocycles. The molecule has 7 nitrogen and oxygen atoms in total. The van der Waals surface area contributed by atoms with Gasteiger partial charge in [-0.15, -0.1) is 0 Å². The Morgan fingerprint density at radius 1 is 0.909 bits per heavy atom. The third kappa shape index (κ3) is 5.26. The topological polar surface area (TPSA) is 97.4 Å². The van der Waals surface area contributed by atoms with Gasteiger partial charge >= 0.3 is 0 Å². The molecule has 33 heavy (non-hydrogen) atoms. The summed E-state index contributed by atoms with van der Waals surface area (Å²) >= 11 is 0. The Hall–Kier alpha value is -4.00. The average Bonchev–Trinajstić information content (AvgIpc) is 2.83. The third-order valence-corrected chi connectivity index (χ3v) is 5.72. The summed E-state index contributed by atoms with van der Waals surface area (Å²) in [5.41, 5.74) is 3.76. The number of aromatic nitrogens is 1. The lowest BCUT2D eigenvalue weighted by atomic mass is 9.88. The number of rotatable bonds is 6. The molecule has 3 aromatic rings. The number of amides is 2. The summed E-state index contributed by atoms with van der Waals surface area (Å²) in [7, 11) is 1.55. The van der Waals surface area contributed by atoms with E-state index >= 15 is 0 Å². The van der Waals surface area contributed by atoms with Crippen LogP contribution in [0.2, 0.25) is 0 Å². The molecule has 1 unspecified atom stereocenters. The first-order chi connectivity index (χ1) is 15.9. The van der Waals surface area contributed by atoms with Crippen molar-refractivity contribution in [1.82, 2.24) is 15.6 Å². The maximum atomic E-state index is 12.7. The molecular formula is C26H25N3O4. The first-order valence-corrected chi connectivity index (χ1v) is 10.8. The molecule has 1 aliphatic rings. The van der Waals surface area contributed by atoms with E-state index < -0.39 is 0 Å². The molecule has 7 heteroatoms. The van der Waals surface area contributed by atoms with E-state index in [4.69, 9.17) is 4.74 Å². The van der Waals surface area contributed by atoms with Gasteiger partial charge in [0.1, 0.15) is 17.2 Å². The van der Waals surface area contributed by atoms with Crippen molar-refractivity contribution in [1.29, 1.82) is 0 Å². The number of aryl methyl sites for hydroxylation is 1. The lowest BCUT2D eigenvalue weighted by Gasteiger charge is -2.26. The van der Waals surface area contributed by atoms with Gasteiger partial charge in [0.2, 0.25) is 0 Å². The van der Waals surface area contributed by atoms with Crippen molar-refractivity contribution in [2.75, 3.05) is 7.05 Å². The summed E-state index contributed by atoms with van der Waals surface area (Å²) < 4.78 is 5.96. The second-order valence-corrected chi connectivity index (χ2v) is 8.04. The van der Waals surface area contributed by atoms with Gasteiger partial charge in [-0.25, -0.2) is 0 Å². The molecule has 2 amide bonds. The number of pyridine rings is 1. The summed E-state index contributed by atoms with van der Waals surface area (Å²) in [6, 6.07) is 15.9. The predicted octanol–water partition coefficient (Wildman–Crippen LogP) is 3.72. The Labute approximate surface area is 192 Å². The number of hydrogen-bond acceptors (Lipinski definition) is 5. The second kappa shape index (κ2) is 9.65. The molecule has 1 aliphatic carbocycles. The predicted molar refractivity (Wildman–Crippen MR) is 124 cm³/mol. The molecular weight excluding hydrogens is 418 g/mol. The van der Waals surface area contributed by atoms with E-state index in [0.717, 1.165) is 18.4 Å². The molecule has 1 atom stereocenters. The molecule has 0 radical (unpaired) electrons. The molecule has 0 fully saturated rings. The summed E-state index contributed by atoms with van der Waals surface area (Å²) in [6.07, 6.45) is 3.95. The van der Waals surface area contributed by atoms with Gasteiger partial charge in [0.15, 0.2) is 5.78 Å². The zero-order chi connectivity index (χ0) is 23.4. The van der Waals surface area contributed by atoms with E-state index in [0.29, 0.717) is 29.0 Å². The molecule has 1 aromatic heterocycles. The van der Waals surface area contributed by atoms with Gasteiger partial charge in [0.25, 0.3) is 11.8 Å². The minimum atomic E-state index is -0.277. The van der Waals surface area contributed by atoms with Crippen LogP contribution in [-0.2, 0) is 12.8 Å². The van der Waals surface area contributed by atoms with Crippen LogP contribution in [0.1, 0.15) is 55.7 Å². The first kappa shape index (κ1) is 22.2. The van der Waals surface area contributed by atoms with Crippen molar-refractivity contribution in [3.05, 3.63) is 88.7 Å². The molecule has 0 spiro atoms. The molecule has 1 heterocycles. The number of Topliss-reactive ketones (excluding diaryl/α,β-unsaturated/α-hetero) is 1. The maximum Gasteiger partial charge on any atom is 0.269 e. The molecule has 4 rings (SSSR count). The Balaban J connectivity index is 1.43. The summed E-state index contributed by atoms with van der Waals surface area (Å²) in [5.74, 6) is 0.734. The maximum absolute atomic E-state index is 12.7. The number of carbonyl (C=O) groups is 3. The number of nitrogens with zero attached hydrogens (tertiary/aromatic N) is 1. The highest BCUT2D eigenvalue weighted by Crippen LogP contribution is 2.29. The van der Waals surface area contributed by atoms with Crippen LogP contribution in [-0.4, -0.2) is 35.7 Å². The van der Waals surface area contributed by atoms with E-state index in [2.05, 4.69) is 15.6 Å². The van der Waals surface area contributed by atoms with Gasteiger partial charge in [-0.05, 0) is 67.6 Å². The van der Waals surface area contributed by atoms with Gasteiger partial charge in [-0.2, -0.15) is 0 Å². The quantitative estimate of drug-likeness (QED) is 0.566. The van der Waals surface area contributed by atoms with Gasteiger partial charge in [-0.3, -0.25) is 19.4 Å². The summed E-state index contributed by atoms with van der Waals surface area (Å²) in [4.78, 5) is 40.0. The highest BCUT2D eigenvalue weighted by molar-refractivity contribution is 5.97. The Morgan fingerprint density at radius 3 is 2.36 bits per heavy atom. The van der Waals surface area contributed by atoms with Gasteiger partial charge in [0, 0.05) is 36.5 Å². The number of ether oxygens (including phenoxy) is 1. The summed E-state index contributed by atoms with van der Waals surface area (Å²) in [6.45, 7) is 1.50. The fraction of sp³-hybridized carbons (Fsp3) is 0.231. The fourth-order valence-corrected chi connectivity index (χ4v) is 3.91. The minimum absolute atomic E-state index is 0.00788. The molecule has 2 N–H and O–H groups in total. The van der Waals surface area contributed by atoms with E-state index in [1.807, 2.05) is 18.2 Å². The Bertz CT molecular complexity index is 1200. The number of carbonyl (C=O) groups excluding carboxylic acids is 3. The SMILES string of the molecule is CNC(=O)c1cc(Oc2ccc3c(c2)CC(NC(=O)c2ccc(C(C)=O)cc2)CC3)ccn1. The van der Waals surface area contributed by atoms with Crippen LogP contribution < -0.4 is 15.4 Å². The van der Waals surface area contributed by atoms with Crippen LogP contribution in [0.3, 0.4) is 0 Å². The van der Waals surface area contributed by atoms with Crippen molar-refractivity contribution in [2.45, 2.75) is 32.2 Å². The third-order valence-electron chi connectivity index (χ3n) is 5.72. The largest absolute Gasteiger partial charge is 0.457 e. The monoisotopic (exact) mass is 443 g/mol. The van der Waals surface area contributed by atoms with E-state index in [9.17, 15) is 14.4 Å². The number of ketones is 1. The van der Waals surface area contributed by atoms with Gasteiger partial charge < -0.3 is 15.4 Å². The number of fused-ring (bicyclic) bond motifs is 1. The van der Waals surface area contributed by atoms with E-state index in [-0.39, 0.29) is 29.3 Å². The number of nitrogens with one attached hydrogen (secondary N) is 2. The fourth-order valence-electron chi connectivity index (χ4n) is 3.91. The zero-order valence-electron chi connectivity index (χ0n) is 18.6.